The summed E-state index contributed by atoms with van der Waals surface area (Å²) in [6.45, 7) is 3.61. The normalized spacial score (nSPS) is 10.4. The summed E-state index contributed by atoms with van der Waals surface area (Å²) in [6, 6.07) is 6.76. The third-order valence-corrected chi connectivity index (χ3v) is 3.82. The Bertz CT molecular complexity index is 607. The lowest BCUT2D eigenvalue weighted by molar-refractivity contribution is 0.103. The van der Waals surface area contributed by atoms with Crippen LogP contribution in [0.2, 0.25) is 4.34 Å². The van der Waals surface area contributed by atoms with Crippen molar-refractivity contribution in [3.63, 3.8) is 0 Å². The molecule has 1 amide bonds. The lowest BCUT2D eigenvalue weighted by Gasteiger charge is -2.09. The van der Waals surface area contributed by atoms with Gasteiger partial charge in [0.1, 0.15) is 5.75 Å². The number of thiophene rings is 1. The first-order valence-electron chi connectivity index (χ1n) is 5.34. The van der Waals surface area contributed by atoms with Gasteiger partial charge in [-0.1, -0.05) is 11.6 Å². The summed E-state index contributed by atoms with van der Waals surface area (Å²) < 4.78 is 0.582. The van der Waals surface area contributed by atoms with Gasteiger partial charge in [0.25, 0.3) is 5.91 Å². The van der Waals surface area contributed by atoms with Gasteiger partial charge in [-0.3, -0.25) is 4.79 Å². The van der Waals surface area contributed by atoms with E-state index in [0.717, 1.165) is 11.1 Å². The first-order valence-corrected chi connectivity index (χ1v) is 6.53. The number of phenols is 1. The topological polar surface area (TPSA) is 49.3 Å². The molecule has 18 heavy (non-hydrogen) atoms. The second-order valence-electron chi connectivity index (χ2n) is 4.01. The van der Waals surface area contributed by atoms with Gasteiger partial charge in [0.2, 0.25) is 0 Å². The molecule has 0 aliphatic heterocycles. The Morgan fingerprint density at radius 2 is 2.00 bits per heavy atom. The molecule has 0 radical (unpaired) electrons. The number of halogens is 1. The molecule has 2 N–H and O–H groups in total. The number of anilines is 1. The first kappa shape index (κ1) is 12.9. The van der Waals surface area contributed by atoms with E-state index >= 15 is 0 Å². The van der Waals surface area contributed by atoms with Crippen molar-refractivity contribution in [2.75, 3.05) is 5.32 Å². The average Bonchev–Trinajstić information content (AvgIpc) is 2.73. The number of carbonyl (C=O) groups is 1. The monoisotopic (exact) mass is 281 g/mol. The van der Waals surface area contributed by atoms with Crippen molar-refractivity contribution in [3.05, 3.63) is 44.6 Å². The highest BCUT2D eigenvalue weighted by Crippen LogP contribution is 2.27. The van der Waals surface area contributed by atoms with Crippen LogP contribution in [0.4, 0.5) is 5.69 Å². The fourth-order valence-electron chi connectivity index (χ4n) is 1.56. The third-order valence-electron chi connectivity index (χ3n) is 2.59. The number of hydrogen-bond acceptors (Lipinski definition) is 3. The molecule has 0 saturated carbocycles. The van der Waals surface area contributed by atoms with Crippen LogP contribution in [0.15, 0.2) is 24.3 Å². The van der Waals surface area contributed by atoms with E-state index in [0.29, 0.717) is 14.9 Å². The molecule has 1 aromatic carbocycles. The minimum atomic E-state index is -0.194. The van der Waals surface area contributed by atoms with Gasteiger partial charge in [0.15, 0.2) is 0 Å². The number of amides is 1. The SMILES string of the molecule is Cc1cc(NC(=O)c2ccc(Cl)s2)c(C)cc1O. The second-order valence-corrected chi connectivity index (χ2v) is 5.73. The quantitative estimate of drug-likeness (QED) is 0.818. The fraction of sp³-hybridized carbons (Fsp3) is 0.154. The van der Waals surface area contributed by atoms with Crippen molar-refractivity contribution in [3.8, 4) is 5.75 Å². The number of aryl methyl sites for hydroxylation is 2. The molecule has 0 atom stereocenters. The van der Waals surface area contributed by atoms with Crippen LogP contribution in [0.1, 0.15) is 20.8 Å². The van der Waals surface area contributed by atoms with E-state index in [1.54, 1.807) is 31.2 Å². The van der Waals surface area contributed by atoms with Crippen LogP contribution in [0.25, 0.3) is 0 Å². The van der Waals surface area contributed by atoms with Crippen LogP contribution in [-0.4, -0.2) is 11.0 Å². The smallest absolute Gasteiger partial charge is 0.265 e. The molecular formula is C13H12ClNO2S. The third kappa shape index (κ3) is 2.66. The number of rotatable bonds is 2. The van der Waals surface area contributed by atoms with E-state index in [4.69, 9.17) is 11.6 Å². The molecule has 0 unspecified atom stereocenters. The number of carbonyl (C=O) groups excluding carboxylic acids is 1. The highest BCUT2D eigenvalue weighted by atomic mass is 35.5. The van der Waals surface area contributed by atoms with E-state index in [2.05, 4.69) is 5.32 Å². The molecular weight excluding hydrogens is 270 g/mol. The van der Waals surface area contributed by atoms with Gasteiger partial charge in [-0.05, 0) is 49.2 Å². The Morgan fingerprint density at radius 1 is 1.28 bits per heavy atom. The van der Waals surface area contributed by atoms with Gasteiger partial charge in [-0.15, -0.1) is 11.3 Å². The molecule has 94 valence electrons. The largest absolute Gasteiger partial charge is 0.508 e. The molecule has 0 spiro atoms. The number of aromatic hydroxyl groups is 1. The van der Waals surface area contributed by atoms with Crippen LogP contribution in [-0.2, 0) is 0 Å². The average molecular weight is 282 g/mol. The Labute approximate surface area is 114 Å². The lowest BCUT2D eigenvalue weighted by Crippen LogP contribution is -2.11. The molecule has 1 heterocycles. The Hall–Kier alpha value is -1.52. The van der Waals surface area contributed by atoms with E-state index < -0.39 is 0 Å². The van der Waals surface area contributed by atoms with E-state index in [1.807, 2.05) is 6.92 Å². The molecule has 0 aliphatic rings. The standard InChI is InChI=1S/C13H12ClNO2S/c1-7-6-10(16)8(2)5-9(7)15-13(17)11-3-4-12(14)18-11/h3-6,16H,1-2H3,(H,15,17). The number of hydrogen-bond donors (Lipinski definition) is 2. The van der Waals surface area contributed by atoms with Crippen LogP contribution in [0.5, 0.6) is 5.75 Å². The second kappa shape index (κ2) is 5.00. The minimum absolute atomic E-state index is 0.194. The summed E-state index contributed by atoms with van der Waals surface area (Å²) in [4.78, 5) is 12.5. The first-order chi connectivity index (χ1) is 8.47. The zero-order valence-electron chi connectivity index (χ0n) is 9.95. The number of benzene rings is 1. The minimum Gasteiger partial charge on any atom is -0.508 e. The maximum atomic E-state index is 12.0. The Morgan fingerprint density at radius 3 is 2.61 bits per heavy atom. The highest BCUT2D eigenvalue weighted by molar-refractivity contribution is 7.18. The summed E-state index contributed by atoms with van der Waals surface area (Å²) in [5, 5.41) is 12.4. The Kier molecular flexibility index (Phi) is 3.59. The van der Waals surface area contributed by atoms with Crippen LogP contribution in [0, 0.1) is 13.8 Å². The van der Waals surface area contributed by atoms with Gasteiger partial charge in [-0.2, -0.15) is 0 Å². The van der Waals surface area contributed by atoms with Crippen molar-refractivity contribution >= 4 is 34.5 Å². The predicted molar refractivity (Wildman–Crippen MR) is 74.9 cm³/mol. The maximum Gasteiger partial charge on any atom is 0.265 e. The molecule has 3 nitrogen and oxygen atoms in total. The van der Waals surface area contributed by atoms with Crippen LogP contribution < -0.4 is 5.32 Å². The molecule has 0 fully saturated rings. The van der Waals surface area contributed by atoms with Crippen molar-refractivity contribution in [1.29, 1.82) is 0 Å². The summed E-state index contributed by atoms with van der Waals surface area (Å²) in [7, 11) is 0. The molecule has 2 aromatic rings. The Balaban J connectivity index is 2.24. The summed E-state index contributed by atoms with van der Waals surface area (Å²) in [6.07, 6.45) is 0. The van der Waals surface area contributed by atoms with Gasteiger partial charge in [0.05, 0.1) is 9.21 Å². The van der Waals surface area contributed by atoms with E-state index in [-0.39, 0.29) is 11.7 Å². The van der Waals surface area contributed by atoms with E-state index in [1.165, 1.54) is 11.3 Å². The number of phenolic OH excluding ortho intramolecular Hbond substituents is 1. The van der Waals surface area contributed by atoms with Crippen LogP contribution >= 0.6 is 22.9 Å². The molecule has 0 saturated heterocycles. The maximum absolute atomic E-state index is 12.0. The lowest BCUT2D eigenvalue weighted by atomic mass is 10.1. The van der Waals surface area contributed by atoms with Gasteiger partial charge >= 0.3 is 0 Å². The van der Waals surface area contributed by atoms with Gasteiger partial charge in [-0.25, -0.2) is 0 Å². The summed E-state index contributed by atoms with van der Waals surface area (Å²) >= 11 is 7.02. The van der Waals surface area contributed by atoms with Gasteiger partial charge in [0, 0.05) is 5.69 Å². The van der Waals surface area contributed by atoms with Crippen molar-refractivity contribution in [2.24, 2.45) is 0 Å². The van der Waals surface area contributed by atoms with Crippen molar-refractivity contribution in [1.82, 2.24) is 0 Å². The predicted octanol–water partition coefficient (Wildman–Crippen LogP) is 3.98. The van der Waals surface area contributed by atoms with Crippen molar-refractivity contribution < 1.29 is 9.90 Å². The molecule has 0 aliphatic carbocycles. The fourth-order valence-corrected chi connectivity index (χ4v) is 2.49. The van der Waals surface area contributed by atoms with E-state index in [9.17, 15) is 9.90 Å². The highest BCUT2D eigenvalue weighted by Gasteiger charge is 2.11. The van der Waals surface area contributed by atoms with Crippen molar-refractivity contribution in [2.45, 2.75) is 13.8 Å². The number of nitrogens with one attached hydrogen (secondary N) is 1. The molecule has 1 aromatic heterocycles. The van der Waals surface area contributed by atoms with Gasteiger partial charge < -0.3 is 10.4 Å². The molecule has 2 rings (SSSR count). The summed E-state index contributed by atoms with van der Waals surface area (Å²) in [5.74, 6) is 0.0322. The zero-order valence-corrected chi connectivity index (χ0v) is 11.5. The van der Waals surface area contributed by atoms with Crippen LogP contribution in [0.3, 0.4) is 0 Å². The zero-order chi connectivity index (χ0) is 13.3. The molecule has 0 bridgehead atoms. The molecule has 5 heteroatoms. The summed E-state index contributed by atoms with van der Waals surface area (Å²) in [5.41, 5.74) is 2.23.